The van der Waals surface area contributed by atoms with E-state index in [1.165, 1.54) is 5.56 Å². The number of imidazole rings is 1. The minimum Gasteiger partial charge on any atom is -0.384 e. The average molecular weight is 256 g/mol. The molecule has 1 aromatic heterocycles. The summed E-state index contributed by atoms with van der Waals surface area (Å²) in [6, 6.07) is 5.91. The van der Waals surface area contributed by atoms with Crippen LogP contribution in [0.4, 0.5) is 0 Å². The van der Waals surface area contributed by atoms with Crippen LogP contribution in [-0.4, -0.2) is 15.4 Å². The monoisotopic (exact) mass is 256 g/mol. The molecule has 0 radical (unpaired) electrons. The van der Waals surface area contributed by atoms with Crippen LogP contribution >= 0.6 is 0 Å². The predicted octanol–water partition coefficient (Wildman–Crippen LogP) is 2.48. The number of nitrogens with zero attached hydrogens (tertiary/aromatic N) is 2. The van der Waals surface area contributed by atoms with Crippen LogP contribution in [0.5, 0.6) is 0 Å². The van der Waals surface area contributed by atoms with Gasteiger partial charge in [0.15, 0.2) is 0 Å². The molecule has 0 saturated heterocycles. The second-order valence-electron chi connectivity index (χ2n) is 4.78. The molecule has 0 aliphatic heterocycles. The molecule has 19 heavy (non-hydrogen) atoms. The van der Waals surface area contributed by atoms with Crippen molar-refractivity contribution in [2.45, 2.75) is 33.2 Å². The van der Waals surface area contributed by atoms with E-state index in [4.69, 9.17) is 11.1 Å². The molecule has 0 aliphatic carbocycles. The van der Waals surface area contributed by atoms with E-state index in [0.29, 0.717) is 0 Å². The molecule has 4 heteroatoms. The Kier molecular flexibility index (Phi) is 4.00. The van der Waals surface area contributed by atoms with E-state index in [9.17, 15) is 0 Å². The normalized spacial score (nSPS) is 10.6. The van der Waals surface area contributed by atoms with E-state index in [1.54, 1.807) is 0 Å². The summed E-state index contributed by atoms with van der Waals surface area (Å²) in [5.41, 5.74) is 8.67. The number of hydrogen-bond donors (Lipinski definition) is 2. The van der Waals surface area contributed by atoms with Crippen molar-refractivity contribution in [2.24, 2.45) is 5.73 Å². The Bertz CT molecular complexity index is 584. The van der Waals surface area contributed by atoms with Gasteiger partial charge in [-0.05, 0) is 30.5 Å². The zero-order valence-electron chi connectivity index (χ0n) is 11.5. The third kappa shape index (κ3) is 3.02. The van der Waals surface area contributed by atoms with Gasteiger partial charge in [0.2, 0.25) is 0 Å². The van der Waals surface area contributed by atoms with Crippen LogP contribution < -0.4 is 5.73 Å². The van der Waals surface area contributed by atoms with Crippen molar-refractivity contribution in [3.8, 4) is 0 Å². The lowest BCUT2D eigenvalue weighted by atomic mass is 10.0. The minimum absolute atomic E-state index is 0.115. The standard InChI is InChI=1S/C15H20N4/c1-3-4-14-18-7-8-19(14)10-13-6-5-12(15(16)17)9-11(13)2/h5-9H,3-4,10H2,1-2H3,(H3,16,17). The Balaban J connectivity index is 2.23. The molecule has 0 saturated carbocycles. The van der Waals surface area contributed by atoms with Crippen LogP contribution in [-0.2, 0) is 13.0 Å². The van der Waals surface area contributed by atoms with E-state index in [-0.39, 0.29) is 5.84 Å². The van der Waals surface area contributed by atoms with Crippen LogP contribution in [0, 0.1) is 12.3 Å². The molecule has 1 aromatic carbocycles. The van der Waals surface area contributed by atoms with Gasteiger partial charge in [-0.3, -0.25) is 5.41 Å². The Labute approximate surface area is 113 Å². The number of aromatic nitrogens is 2. The van der Waals surface area contributed by atoms with Gasteiger partial charge in [-0.2, -0.15) is 0 Å². The zero-order valence-corrected chi connectivity index (χ0v) is 11.5. The van der Waals surface area contributed by atoms with Gasteiger partial charge in [-0.1, -0.05) is 19.1 Å². The predicted molar refractivity (Wildman–Crippen MR) is 77.5 cm³/mol. The largest absolute Gasteiger partial charge is 0.384 e. The van der Waals surface area contributed by atoms with Crippen molar-refractivity contribution in [1.29, 1.82) is 5.41 Å². The van der Waals surface area contributed by atoms with Gasteiger partial charge < -0.3 is 10.3 Å². The van der Waals surface area contributed by atoms with Crippen LogP contribution in [0.2, 0.25) is 0 Å². The lowest BCUT2D eigenvalue weighted by Crippen LogP contribution is -2.12. The van der Waals surface area contributed by atoms with Crippen molar-refractivity contribution in [1.82, 2.24) is 9.55 Å². The SMILES string of the molecule is CCCc1nccn1Cc1ccc(C(=N)N)cc1C. The summed E-state index contributed by atoms with van der Waals surface area (Å²) < 4.78 is 2.18. The summed E-state index contributed by atoms with van der Waals surface area (Å²) >= 11 is 0. The van der Waals surface area contributed by atoms with E-state index >= 15 is 0 Å². The summed E-state index contributed by atoms with van der Waals surface area (Å²) in [6.07, 6.45) is 5.96. The molecule has 0 unspecified atom stereocenters. The number of aryl methyl sites for hydroxylation is 2. The fraction of sp³-hybridized carbons (Fsp3) is 0.333. The molecule has 100 valence electrons. The molecular formula is C15H20N4. The van der Waals surface area contributed by atoms with Crippen molar-refractivity contribution in [2.75, 3.05) is 0 Å². The van der Waals surface area contributed by atoms with Crippen molar-refractivity contribution < 1.29 is 0 Å². The summed E-state index contributed by atoms with van der Waals surface area (Å²) in [5, 5.41) is 7.45. The van der Waals surface area contributed by atoms with Gasteiger partial charge in [-0.15, -0.1) is 0 Å². The number of hydrogen-bond acceptors (Lipinski definition) is 2. The van der Waals surface area contributed by atoms with Crippen molar-refractivity contribution in [3.63, 3.8) is 0 Å². The molecule has 0 atom stereocenters. The molecule has 0 amide bonds. The molecule has 0 bridgehead atoms. The van der Waals surface area contributed by atoms with E-state index in [1.807, 2.05) is 30.6 Å². The number of nitrogen functional groups attached to an aromatic ring is 1. The van der Waals surface area contributed by atoms with Crippen LogP contribution in [0.15, 0.2) is 30.6 Å². The van der Waals surface area contributed by atoms with Gasteiger partial charge >= 0.3 is 0 Å². The molecule has 1 heterocycles. The van der Waals surface area contributed by atoms with E-state index in [0.717, 1.165) is 36.3 Å². The summed E-state index contributed by atoms with van der Waals surface area (Å²) in [5.74, 6) is 1.24. The molecule has 0 spiro atoms. The molecule has 2 aromatic rings. The Morgan fingerprint density at radius 2 is 2.21 bits per heavy atom. The van der Waals surface area contributed by atoms with Crippen molar-refractivity contribution >= 4 is 5.84 Å². The van der Waals surface area contributed by atoms with E-state index in [2.05, 4.69) is 23.4 Å². The topological polar surface area (TPSA) is 67.7 Å². The summed E-state index contributed by atoms with van der Waals surface area (Å²) in [7, 11) is 0. The highest BCUT2D eigenvalue weighted by Gasteiger charge is 2.06. The molecular weight excluding hydrogens is 236 g/mol. The van der Waals surface area contributed by atoms with Gasteiger partial charge in [0.1, 0.15) is 11.7 Å². The average Bonchev–Trinajstić information content (AvgIpc) is 2.79. The van der Waals surface area contributed by atoms with Crippen LogP contribution in [0.1, 0.15) is 35.9 Å². The van der Waals surface area contributed by atoms with Gasteiger partial charge in [0.25, 0.3) is 0 Å². The Morgan fingerprint density at radius 1 is 1.42 bits per heavy atom. The maximum absolute atomic E-state index is 7.45. The second-order valence-corrected chi connectivity index (χ2v) is 4.78. The first kappa shape index (κ1) is 13.3. The highest BCUT2D eigenvalue weighted by atomic mass is 15.1. The van der Waals surface area contributed by atoms with Gasteiger partial charge in [-0.25, -0.2) is 4.98 Å². The number of benzene rings is 1. The lowest BCUT2D eigenvalue weighted by molar-refractivity contribution is 0.703. The molecule has 2 rings (SSSR count). The van der Waals surface area contributed by atoms with E-state index < -0.39 is 0 Å². The fourth-order valence-electron chi connectivity index (χ4n) is 2.16. The summed E-state index contributed by atoms with van der Waals surface area (Å²) in [6.45, 7) is 5.03. The molecule has 4 nitrogen and oxygen atoms in total. The maximum atomic E-state index is 7.45. The third-order valence-electron chi connectivity index (χ3n) is 3.27. The minimum atomic E-state index is 0.115. The molecule has 3 N–H and O–H groups in total. The quantitative estimate of drug-likeness (QED) is 0.637. The third-order valence-corrected chi connectivity index (χ3v) is 3.27. The maximum Gasteiger partial charge on any atom is 0.122 e. The number of amidine groups is 1. The van der Waals surface area contributed by atoms with Crippen LogP contribution in [0.25, 0.3) is 0 Å². The highest BCUT2D eigenvalue weighted by Crippen LogP contribution is 2.14. The first-order chi connectivity index (χ1) is 9.11. The second kappa shape index (κ2) is 5.69. The Morgan fingerprint density at radius 3 is 2.84 bits per heavy atom. The smallest absolute Gasteiger partial charge is 0.122 e. The first-order valence-corrected chi connectivity index (χ1v) is 6.55. The number of nitrogens with one attached hydrogen (secondary N) is 1. The molecule has 0 aliphatic rings. The van der Waals surface area contributed by atoms with Gasteiger partial charge in [0, 0.05) is 30.9 Å². The van der Waals surface area contributed by atoms with Gasteiger partial charge in [0.05, 0.1) is 0 Å². The Hall–Kier alpha value is -2.10. The van der Waals surface area contributed by atoms with Crippen LogP contribution in [0.3, 0.4) is 0 Å². The lowest BCUT2D eigenvalue weighted by Gasteiger charge is -2.11. The zero-order chi connectivity index (χ0) is 13.8. The summed E-state index contributed by atoms with van der Waals surface area (Å²) in [4.78, 5) is 4.39. The number of rotatable bonds is 5. The molecule has 0 fully saturated rings. The fourth-order valence-corrected chi connectivity index (χ4v) is 2.16. The van der Waals surface area contributed by atoms with Crippen molar-refractivity contribution in [3.05, 3.63) is 53.1 Å². The first-order valence-electron chi connectivity index (χ1n) is 6.55. The number of nitrogens with two attached hydrogens (primary N) is 1. The highest BCUT2D eigenvalue weighted by molar-refractivity contribution is 5.95.